The van der Waals surface area contributed by atoms with Crippen LogP contribution in [0.1, 0.15) is 50.9 Å². The maximum absolute atomic E-state index is 5.42. The molecule has 2 N–H and O–H groups in total. The molecule has 0 saturated carbocycles. The van der Waals surface area contributed by atoms with Crippen molar-refractivity contribution >= 4 is 11.6 Å². The summed E-state index contributed by atoms with van der Waals surface area (Å²) in [5, 5.41) is 7.02. The van der Waals surface area contributed by atoms with Crippen molar-refractivity contribution in [1.29, 1.82) is 0 Å². The first-order valence-electron chi connectivity index (χ1n) is 8.20. The minimum Gasteiger partial charge on any atom is -0.381 e. The van der Waals surface area contributed by atoms with Gasteiger partial charge in [-0.15, -0.1) is 0 Å². The number of ether oxygens (including phenoxy) is 1. The third-order valence-electron chi connectivity index (χ3n) is 3.77. The van der Waals surface area contributed by atoms with Gasteiger partial charge in [0.2, 0.25) is 0 Å². The quantitative estimate of drug-likeness (QED) is 0.808. The van der Waals surface area contributed by atoms with Crippen LogP contribution < -0.4 is 10.6 Å². The van der Waals surface area contributed by atoms with E-state index in [0.717, 1.165) is 74.9 Å². The number of aryl methyl sites for hydroxylation is 1. The molecule has 1 aliphatic heterocycles. The monoisotopic (exact) mass is 292 g/mol. The standard InChI is InChI=1S/C16H28N4O/c1-4-6-14-19-15(17-9-5-2)12(3)16(20-14)18-13-7-10-21-11-8-13/h13H,4-11H2,1-3H3,(H2,17,18,19,20). The molecular weight excluding hydrogens is 264 g/mol. The van der Waals surface area contributed by atoms with Gasteiger partial charge in [0.1, 0.15) is 17.5 Å². The van der Waals surface area contributed by atoms with Crippen LogP contribution in [0.15, 0.2) is 0 Å². The molecule has 2 rings (SSSR count). The normalized spacial score (nSPS) is 16.0. The van der Waals surface area contributed by atoms with E-state index in [-0.39, 0.29) is 0 Å². The number of rotatable bonds is 7. The Hall–Kier alpha value is -1.36. The molecule has 118 valence electrons. The first-order valence-corrected chi connectivity index (χ1v) is 8.20. The Morgan fingerprint density at radius 3 is 2.48 bits per heavy atom. The van der Waals surface area contributed by atoms with E-state index in [9.17, 15) is 0 Å². The second kappa shape index (κ2) is 8.17. The zero-order valence-corrected chi connectivity index (χ0v) is 13.5. The molecule has 21 heavy (non-hydrogen) atoms. The molecule has 5 heteroatoms. The fourth-order valence-corrected chi connectivity index (χ4v) is 2.49. The third kappa shape index (κ3) is 4.56. The zero-order valence-electron chi connectivity index (χ0n) is 13.5. The molecule has 0 radical (unpaired) electrons. The first kappa shape index (κ1) is 16.0. The van der Waals surface area contributed by atoms with Crippen LogP contribution in [0.25, 0.3) is 0 Å². The van der Waals surface area contributed by atoms with E-state index in [1.807, 2.05) is 0 Å². The molecule has 0 spiro atoms. The lowest BCUT2D eigenvalue weighted by Crippen LogP contribution is -2.29. The summed E-state index contributed by atoms with van der Waals surface area (Å²) in [6, 6.07) is 0.459. The van der Waals surface area contributed by atoms with Gasteiger partial charge in [0.25, 0.3) is 0 Å². The van der Waals surface area contributed by atoms with Gasteiger partial charge in [-0.3, -0.25) is 0 Å². The molecular formula is C16H28N4O. The van der Waals surface area contributed by atoms with Crippen LogP contribution in [0, 0.1) is 6.92 Å². The number of hydrogen-bond donors (Lipinski definition) is 2. The van der Waals surface area contributed by atoms with Crippen molar-refractivity contribution in [2.24, 2.45) is 0 Å². The first-order chi connectivity index (χ1) is 10.2. The van der Waals surface area contributed by atoms with Crippen LogP contribution in [0.5, 0.6) is 0 Å². The molecule has 0 amide bonds. The van der Waals surface area contributed by atoms with Crippen LogP contribution in [0.3, 0.4) is 0 Å². The lowest BCUT2D eigenvalue weighted by Gasteiger charge is -2.25. The van der Waals surface area contributed by atoms with Gasteiger partial charge in [0.15, 0.2) is 0 Å². The number of aromatic nitrogens is 2. The van der Waals surface area contributed by atoms with Crippen molar-refractivity contribution in [3.8, 4) is 0 Å². The van der Waals surface area contributed by atoms with Crippen LogP contribution >= 0.6 is 0 Å². The van der Waals surface area contributed by atoms with Crippen LogP contribution in [0.4, 0.5) is 11.6 Å². The highest BCUT2D eigenvalue weighted by Crippen LogP contribution is 2.23. The second-order valence-corrected chi connectivity index (χ2v) is 5.67. The minimum absolute atomic E-state index is 0.459. The second-order valence-electron chi connectivity index (χ2n) is 5.67. The predicted molar refractivity (Wildman–Crippen MR) is 87.0 cm³/mol. The molecule has 1 aromatic rings. The van der Waals surface area contributed by atoms with Gasteiger partial charge in [-0.1, -0.05) is 13.8 Å². The van der Waals surface area contributed by atoms with Gasteiger partial charge >= 0.3 is 0 Å². The smallest absolute Gasteiger partial charge is 0.134 e. The van der Waals surface area contributed by atoms with Gasteiger partial charge in [-0.25, -0.2) is 9.97 Å². The fourth-order valence-electron chi connectivity index (χ4n) is 2.49. The average Bonchev–Trinajstić information content (AvgIpc) is 2.50. The summed E-state index contributed by atoms with van der Waals surface area (Å²) < 4.78 is 5.42. The predicted octanol–water partition coefficient (Wildman–Crippen LogP) is 3.15. The Morgan fingerprint density at radius 1 is 1.10 bits per heavy atom. The third-order valence-corrected chi connectivity index (χ3v) is 3.77. The van der Waals surface area contributed by atoms with Gasteiger partial charge in [-0.2, -0.15) is 0 Å². The van der Waals surface area contributed by atoms with Crippen LogP contribution in [-0.4, -0.2) is 35.8 Å². The largest absolute Gasteiger partial charge is 0.381 e. The van der Waals surface area contributed by atoms with Gasteiger partial charge in [-0.05, 0) is 32.6 Å². The summed E-state index contributed by atoms with van der Waals surface area (Å²) in [6.45, 7) is 9.04. The van der Waals surface area contributed by atoms with Gasteiger partial charge in [0.05, 0.1) is 0 Å². The minimum atomic E-state index is 0.459. The highest BCUT2D eigenvalue weighted by molar-refractivity contribution is 5.57. The molecule has 0 aromatic carbocycles. The maximum atomic E-state index is 5.42. The number of anilines is 2. The fraction of sp³-hybridized carbons (Fsp3) is 0.750. The molecule has 0 atom stereocenters. The van der Waals surface area contributed by atoms with E-state index < -0.39 is 0 Å². The molecule has 0 unspecified atom stereocenters. The topological polar surface area (TPSA) is 59.1 Å². The van der Waals surface area contributed by atoms with Crippen LogP contribution in [-0.2, 0) is 11.2 Å². The van der Waals surface area contributed by atoms with Gasteiger partial charge in [0, 0.05) is 37.8 Å². The summed E-state index contributed by atoms with van der Waals surface area (Å²) in [7, 11) is 0. The highest BCUT2D eigenvalue weighted by atomic mass is 16.5. The molecule has 1 aromatic heterocycles. The zero-order chi connectivity index (χ0) is 15.1. The summed E-state index contributed by atoms with van der Waals surface area (Å²) in [4.78, 5) is 9.39. The Kier molecular flexibility index (Phi) is 6.23. The Balaban J connectivity index is 2.17. The van der Waals surface area contributed by atoms with Crippen molar-refractivity contribution in [3.05, 3.63) is 11.4 Å². The van der Waals surface area contributed by atoms with E-state index in [2.05, 4.69) is 36.4 Å². The lowest BCUT2D eigenvalue weighted by atomic mass is 10.1. The van der Waals surface area contributed by atoms with Crippen LogP contribution in [0.2, 0.25) is 0 Å². The highest BCUT2D eigenvalue weighted by Gasteiger charge is 2.17. The summed E-state index contributed by atoms with van der Waals surface area (Å²) in [5.74, 6) is 2.89. The lowest BCUT2D eigenvalue weighted by molar-refractivity contribution is 0.0903. The van der Waals surface area contributed by atoms with E-state index in [1.165, 1.54) is 0 Å². The molecule has 5 nitrogen and oxygen atoms in total. The number of nitrogens with one attached hydrogen (secondary N) is 2. The van der Waals surface area contributed by atoms with Crippen molar-refractivity contribution in [3.63, 3.8) is 0 Å². The molecule has 0 bridgehead atoms. The van der Waals surface area contributed by atoms with E-state index in [1.54, 1.807) is 0 Å². The Labute approximate surface area is 127 Å². The Morgan fingerprint density at radius 2 is 1.81 bits per heavy atom. The van der Waals surface area contributed by atoms with Crippen molar-refractivity contribution < 1.29 is 4.74 Å². The average molecular weight is 292 g/mol. The van der Waals surface area contributed by atoms with Crippen molar-refractivity contribution in [2.75, 3.05) is 30.4 Å². The van der Waals surface area contributed by atoms with Crippen molar-refractivity contribution in [2.45, 2.75) is 58.9 Å². The van der Waals surface area contributed by atoms with E-state index >= 15 is 0 Å². The summed E-state index contributed by atoms with van der Waals surface area (Å²) in [5.41, 5.74) is 1.12. The Bertz CT molecular complexity index is 444. The molecule has 0 aliphatic carbocycles. The number of nitrogens with zero attached hydrogens (tertiary/aromatic N) is 2. The van der Waals surface area contributed by atoms with Crippen molar-refractivity contribution in [1.82, 2.24) is 9.97 Å². The molecule has 1 saturated heterocycles. The molecule has 1 aliphatic rings. The van der Waals surface area contributed by atoms with E-state index in [0.29, 0.717) is 6.04 Å². The summed E-state index contributed by atoms with van der Waals surface area (Å²) >= 11 is 0. The maximum Gasteiger partial charge on any atom is 0.134 e. The summed E-state index contributed by atoms with van der Waals surface area (Å²) in [6.07, 6.45) is 5.17. The SMILES string of the molecule is CCCNc1nc(CCC)nc(NC2CCOCC2)c1C. The molecule has 2 heterocycles. The number of hydrogen-bond acceptors (Lipinski definition) is 5. The van der Waals surface area contributed by atoms with E-state index in [4.69, 9.17) is 9.72 Å². The molecule has 1 fully saturated rings. The van der Waals surface area contributed by atoms with Gasteiger partial charge < -0.3 is 15.4 Å².